The van der Waals surface area contributed by atoms with Crippen molar-refractivity contribution in [1.82, 2.24) is 0 Å². The van der Waals surface area contributed by atoms with Crippen molar-refractivity contribution >= 4 is 17.6 Å². The molecule has 0 atom stereocenters. The summed E-state index contributed by atoms with van der Waals surface area (Å²) < 4.78 is 15.9. The van der Waals surface area contributed by atoms with Crippen LogP contribution in [0.3, 0.4) is 0 Å². The number of methoxy groups -OCH3 is 1. The van der Waals surface area contributed by atoms with Gasteiger partial charge in [-0.25, -0.2) is 4.79 Å². The second kappa shape index (κ2) is 7.78. The highest BCUT2D eigenvalue weighted by Crippen LogP contribution is 2.22. The van der Waals surface area contributed by atoms with Gasteiger partial charge in [0.15, 0.2) is 0 Å². The van der Waals surface area contributed by atoms with E-state index in [0.29, 0.717) is 39.8 Å². The minimum absolute atomic E-state index is 0.290. The van der Waals surface area contributed by atoms with E-state index in [1.165, 1.54) is 7.11 Å². The molecule has 3 aromatic rings. The first kappa shape index (κ1) is 18.3. The Bertz CT molecular complexity index is 972. The van der Waals surface area contributed by atoms with Crippen LogP contribution < -0.4 is 14.8 Å². The molecular formula is C21H19NO5. The molecule has 0 aliphatic rings. The molecule has 0 unspecified atom stereocenters. The number of hydrogen-bond donors (Lipinski definition) is 1. The smallest absolute Gasteiger partial charge is 0.347 e. The van der Waals surface area contributed by atoms with E-state index in [1.807, 2.05) is 0 Å². The molecule has 0 spiro atoms. The number of benzene rings is 2. The lowest BCUT2D eigenvalue weighted by atomic mass is 10.2. The molecule has 0 bridgehead atoms. The maximum Gasteiger partial charge on any atom is 0.347 e. The third-order valence-electron chi connectivity index (χ3n) is 3.94. The van der Waals surface area contributed by atoms with Gasteiger partial charge >= 0.3 is 5.97 Å². The Hall–Kier alpha value is -3.54. The molecule has 0 saturated heterocycles. The van der Waals surface area contributed by atoms with Crippen molar-refractivity contribution in [3.05, 3.63) is 77.2 Å². The average molecular weight is 365 g/mol. The summed E-state index contributed by atoms with van der Waals surface area (Å²) in [5, 5.41) is 2.78. The highest BCUT2D eigenvalue weighted by Gasteiger charge is 2.16. The lowest BCUT2D eigenvalue weighted by Gasteiger charge is -2.09. The van der Waals surface area contributed by atoms with Gasteiger partial charge in [-0.1, -0.05) is 12.1 Å². The van der Waals surface area contributed by atoms with Crippen LogP contribution in [-0.4, -0.2) is 19.0 Å². The third kappa shape index (κ3) is 4.17. The Labute approximate surface area is 156 Å². The molecule has 1 aromatic heterocycles. The number of aryl methyl sites for hydroxylation is 2. The largest absolute Gasteiger partial charge is 0.496 e. The van der Waals surface area contributed by atoms with Gasteiger partial charge in [0.25, 0.3) is 5.91 Å². The minimum atomic E-state index is -0.491. The van der Waals surface area contributed by atoms with Crippen molar-refractivity contribution in [2.45, 2.75) is 13.8 Å². The number of esters is 1. The molecule has 6 heteroatoms. The first-order valence-electron chi connectivity index (χ1n) is 8.31. The molecule has 0 fully saturated rings. The van der Waals surface area contributed by atoms with E-state index >= 15 is 0 Å². The summed E-state index contributed by atoms with van der Waals surface area (Å²) in [6, 6.07) is 15.1. The summed E-state index contributed by atoms with van der Waals surface area (Å²) >= 11 is 0. The summed E-state index contributed by atoms with van der Waals surface area (Å²) in [5.41, 5.74) is 1.39. The second-order valence-electron chi connectivity index (χ2n) is 5.90. The van der Waals surface area contributed by atoms with Crippen LogP contribution in [0.4, 0.5) is 5.69 Å². The predicted molar refractivity (Wildman–Crippen MR) is 101 cm³/mol. The Morgan fingerprint density at radius 3 is 2.30 bits per heavy atom. The van der Waals surface area contributed by atoms with Crippen LogP contribution >= 0.6 is 0 Å². The quantitative estimate of drug-likeness (QED) is 0.536. The van der Waals surface area contributed by atoms with Crippen LogP contribution in [0.5, 0.6) is 11.5 Å². The number of rotatable bonds is 5. The standard InChI is InChI=1S/C21H19NO5/c1-13-12-18(14(2)26-13)21(24)27-16-10-8-15(9-11-16)22-20(23)17-6-4-5-7-19(17)25-3/h4-12H,1-3H3,(H,22,23). The van der Waals surface area contributed by atoms with E-state index in [4.69, 9.17) is 13.9 Å². The molecule has 0 radical (unpaired) electrons. The van der Waals surface area contributed by atoms with Crippen LogP contribution in [-0.2, 0) is 0 Å². The molecule has 0 aliphatic carbocycles. The first-order chi connectivity index (χ1) is 13.0. The van der Waals surface area contributed by atoms with Gasteiger partial charge in [0, 0.05) is 5.69 Å². The van der Waals surface area contributed by atoms with Gasteiger partial charge in [0.1, 0.15) is 28.6 Å². The van der Waals surface area contributed by atoms with E-state index in [0.717, 1.165) is 0 Å². The van der Waals surface area contributed by atoms with Gasteiger partial charge < -0.3 is 19.2 Å². The highest BCUT2D eigenvalue weighted by atomic mass is 16.5. The Morgan fingerprint density at radius 1 is 0.963 bits per heavy atom. The van der Waals surface area contributed by atoms with E-state index < -0.39 is 5.97 Å². The van der Waals surface area contributed by atoms with Crippen molar-refractivity contribution in [2.24, 2.45) is 0 Å². The monoisotopic (exact) mass is 365 g/mol. The number of para-hydroxylation sites is 1. The van der Waals surface area contributed by atoms with Gasteiger partial charge in [-0.15, -0.1) is 0 Å². The number of amides is 1. The van der Waals surface area contributed by atoms with Crippen molar-refractivity contribution in [3.8, 4) is 11.5 Å². The maximum atomic E-state index is 12.4. The fraction of sp³-hybridized carbons (Fsp3) is 0.143. The van der Waals surface area contributed by atoms with E-state index in [2.05, 4.69) is 5.32 Å². The molecule has 2 aromatic carbocycles. The summed E-state index contributed by atoms with van der Waals surface area (Å²) in [6.07, 6.45) is 0. The van der Waals surface area contributed by atoms with Gasteiger partial charge in [-0.05, 0) is 56.3 Å². The molecule has 1 N–H and O–H groups in total. The maximum absolute atomic E-state index is 12.4. The third-order valence-corrected chi connectivity index (χ3v) is 3.94. The summed E-state index contributed by atoms with van der Waals surface area (Å²) in [6.45, 7) is 3.48. The SMILES string of the molecule is COc1ccccc1C(=O)Nc1ccc(OC(=O)c2cc(C)oc2C)cc1. The zero-order chi connectivity index (χ0) is 19.4. The van der Waals surface area contributed by atoms with Crippen LogP contribution in [0.2, 0.25) is 0 Å². The lowest BCUT2D eigenvalue weighted by Crippen LogP contribution is -2.13. The number of carbonyl (C=O) groups excluding carboxylic acids is 2. The predicted octanol–water partition coefficient (Wildman–Crippen LogP) is 4.38. The van der Waals surface area contributed by atoms with Crippen molar-refractivity contribution in [1.29, 1.82) is 0 Å². The van der Waals surface area contributed by atoms with Crippen molar-refractivity contribution in [3.63, 3.8) is 0 Å². The first-order valence-corrected chi connectivity index (χ1v) is 8.31. The fourth-order valence-corrected chi connectivity index (χ4v) is 2.63. The van der Waals surface area contributed by atoms with Gasteiger partial charge in [-0.3, -0.25) is 4.79 Å². The second-order valence-corrected chi connectivity index (χ2v) is 5.90. The van der Waals surface area contributed by atoms with Crippen LogP contribution in [0.25, 0.3) is 0 Å². The molecular weight excluding hydrogens is 346 g/mol. The van der Waals surface area contributed by atoms with Crippen LogP contribution in [0.15, 0.2) is 59.0 Å². The number of carbonyl (C=O) groups is 2. The molecule has 3 rings (SSSR count). The summed E-state index contributed by atoms with van der Waals surface area (Å²) in [4.78, 5) is 24.6. The molecule has 0 aliphatic heterocycles. The van der Waals surface area contributed by atoms with E-state index in [-0.39, 0.29) is 5.91 Å². The zero-order valence-corrected chi connectivity index (χ0v) is 15.2. The molecule has 138 valence electrons. The molecule has 1 amide bonds. The lowest BCUT2D eigenvalue weighted by molar-refractivity contribution is 0.0732. The Morgan fingerprint density at radius 2 is 1.67 bits per heavy atom. The van der Waals surface area contributed by atoms with Gasteiger partial charge in [0.2, 0.25) is 0 Å². The van der Waals surface area contributed by atoms with E-state index in [1.54, 1.807) is 68.4 Å². The number of anilines is 1. The van der Waals surface area contributed by atoms with E-state index in [9.17, 15) is 9.59 Å². The normalized spacial score (nSPS) is 10.3. The summed E-state index contributed by atoms with van der Waals surface area (Å²) in [5.74, 6) is 1.24. The average Bonchev–Trinajstić information content (AvgIpc) is 3.01. The van der Waals surface area contributed by atoms with Gasteiger partial charge in [-0.2, -0.15) is 0 Å². The number of ether oxygens (including phenoxy) is 2. The molecule has 6 nitrogen and oxygen atoms in total. The number of furan rings is 1. The molecule has 1 heterocycles. The summed E-state index contributed by atoms with van der Waals surface area (Å²) in [7, 11) is 1.51. The van der Waals surface area contributed by atoms with Crippen molar-refractivity contribution in [2.75, 3.05) is 12.4 Å². The van der Waals surface area contributed by atoms with Crippen LogP contribution in [0.1, 0.15) is 32.2 Å². The Balaban J connectivity index is 1.67. The minimum Gasteiger partial charge on any atom is -0.496 e. The zero-order valence-electron chi connectivity index (χ0n) is 15.2. The molecule has 27 heavy (non-hydrogen) atoms. The van der Waals surface area contributed by atoms with Crippen molar-refractivity contribution < 1.29 is 23.5 Å². The number of nitrogens with one attached hydrogen (secondary N) is 1. The fourth-order valence-electron chi connectivity index (χ4n) is 2.63. The Kier molecular flexibility index (Phi) is 5.26. The molecule has 0 saturated carbocycles. The number of hydrogen-bond acceptors (Lipinski definition) is 5. The highest BCUT2D eigenvalue weighted by molar-refractivity contribution is 6.06. The van der Waals surface area contributed by atoms with Crippen LogP contribution in [0, 0.1) is 13.8 Å². The van der Waals surface area contributed by atoms with Gasteiger partial charge in [0.05, 0.1) is 12.7 Å². The topological polar surface area (TPSA) is 77.8 Å².